The van der Waals surface area contributed by atoms with Crippen LogP contribution in [0.4, 0.5) is 0 Å². The molecule has 0 fully saturated rings. The van der Waals surface area contributed by atoms with Crippen molar-refractivity contribution in [3.05, 3.63) is 41.1 Å². The number of aromatic nitrogens is 1. The molecule has 0 radical (unpaired) electrons. The van der Waals surface area contributed by atoms with E-state index in [9.17, 15) is 4.79 Å². The summed E-state index contributed by atoms with van der Waals surface area (Å²) in [6, 6.07) is 7.17. The number of hydrogen-bond donors (Lipinski definition) is 1. The summed E-state index contributed by atoms with van der Waals surface area (Å²) in [6.45, 7) is 3.83. The summed E-state index contributed by atoms with van der Waals surface area (Å²) in [6.07, 6.45) is 0. The molecule has 3 heteroatoms. The van der Waals surface area contributed by atoms with E-state index in [4.69, 9.17) is 5.11 Å². The van der Waals surface area contributed by atoms with Crippen molar-refractivity contribution in [2.24, 2.45) is 0 Å². The lowest BCUT2D eigenvalue weighted by Crippen LogP contribution is -2.00. The smallest absolute Gasteiger partial charge is 0.337 e. The van der Waals surface area contributed by atoms with Gasteiger partial charge in [0.1, 0.15) is 0 Å². The molecule has 0 spiro atoms. The van der Waals surface area contributed by atoms with Crippen molar-refractivity contribution in [1.29, 1.82) is 0 Å². The summed E-state index contributed by atoms with van der Waals surface area (Å²) in [4.78, 5) is 15.3. The van der Waals surface area contributed by atoms with Crippen LogP contribution in [0.15, 0.2) is 24.3 Å². The molecule has 2 rings (SSSR count). The maximum absolute atomic E-state index is 11.0. The van der Waals surface area contributed by atoms with Crippen molar-refractivity contribution in [2.45, 2.75) is 13.8 Å². The summed E-state index contributed by atoms with van der Waals surface area (Å²) < 4.78 is 0. The first-order chi connectivity index (χ1) is 7.09. The fraction of sp³-hybridized carbons (Fsp3) is 0.167. The van der Waals surface area contributed by atoms with Crippen LogP contribution in [-0.4, -0.2) is 16.1 Å². The summed E-state index contributed by atoms with van der Waals surface area (Å²) in [7, 11) is 0. The highest BCUT2D eigenvalue weighted by atomic mass is 16.4. The van der Waals surface area contributed by atoms with Gasteiger partial charge in [0.2, 0.25) is 0 Å². The molecule has 0 aliphatic heterocycles. The van der Waals surface area contributed by atoms with E-state index in [1.807, 2.05) is 26.0 Å². The lowest BCUT2D eigenvalue weighted by molar-refractivity contribution is 0.0699. The van der Waals surface area contributed by atoms with Gasteiger partial charge in [0.05, 0.1) is 11.1 Å². The second kappa shape index (κ2) is 3.35. The van der Waals surface area contributed by atoms with Gasteiger partial charge in [-0.25, -0.2) is 4.79 Å². The van der Waals surface area contributed by atoms with Gasteiger partial charge in [-0.3, -0.25) is 4.98 Å². The predicted octanol–water partition coefficient (Wildman–Crippen LogP) is 2.55. The molecule has 0 atom stereocenters. The minimum atomic E-state index is -0.932. The number of benzene rings is 1. The number of pyridine rings is 1. The highest BCUT2D eigenvalue weighted by Gasteiger charge is 2.10. The van der Waals surface area contributed by atoms with Gasteiger partial charge in [-0.2, -0.15) is 0 Å². The van der Waals surface area contributed by atoms with Gasteiger partial charge in [0, 0.05) is 11.1 Å². The van der Waals surface area contributed by atoms with Gasteiger partial charge in [-0.05, 0) is 31.5 Å². The third kappa shape index (κ3) is 1.56. The predicted molar refractivity (Wildman–Crippen MR) is 58.2 cm³/mol. The quantitative estimate of drug-likeness (QED) is 0.771. The van der Waals surface area contributed by atoms with Gasteiger partial charge < -0.3 is 5.11 Å². The van der Waals surface area contributed by atoms with Crippen molar-refractivity contribution >= 4 is 16.9 Å². The number of aromatic carboxylic acids is 1. The minimum absolute atomic E-state index is 0.263. The normalized spacial score (nSPS) is 10.5. The Kier molecular flexibility index (Phi) is 2.15. The first kappa shape index (κ1) is 9.65. The number of para-hydroxylation sites is 1. The fourth-order valence-corrected chi connectivity index (χ4v) is 1.75. The maximum atomic E-state index is 11.0. The number of carboxylic acid groups (broad SMARTS) is 1. The van der Waals surface area contributed by atoms with Crippen molar-refractivity contribution in [1.82, 2.24) is 4.98 Å². The molecule has 1 aromatic heterocycles. The summed E-state index contributed by atoms with van der Waals surface area (Å²) in [5.74, 6) is -0.932. The summed E-state index contributed by atoms with van der Waals surface area (Å²) >= 11 is 0. The average molecular weight is 201 g/mol. The fourth-order valence-electron chi connectivity index (χ4n) is 1.75. The summed E-state index contributed by atoms with van der Waals surface area (Å²) in [5.41, 5.74) is 2.73. The molecule has 1 aromatic carbocycles. The molecule has 0 amide bonds. The Morgan fingerprint density at radius 3 is 2.73 bits per heavy atom. The van der Waals surface area contributed by atoms with Crippen LogP contribution in [0, 0.1) is 13.8 Å². The first-order valence-corrected chi connectivity index (χ1v) is 4.70. The van der Waals surface area contributed by atoms with Crippen molar-refractivity contribution in [2.75, 3.05) is 0 Å². The number of nitrogens with zero attached hydrogens (tertiary/aromatic N) is 1. The molecule has 0 bridgehead atoms. The molecule has 3 nitrogen and oxygen atoms in total. The van der Waals surface area contributed by atoms with Crippen molar-refractivity contribution in [3.63, 3.8) is 0 Å². The van der Waals surface area contributed by atoms with E-state index in [2.05, 4.69) is 4.98 Å². The van der Waals surface area contributed by atoms with Crippen LogP contribution >= 0.6 is 0 Å². The van der Waals surface area contributed by atoms with Crippen molar-refractivity contribution in [3.8, 4) is 0 Å². The standard InChI is InChI=1S/C12H11NO2/c1-7-6-8(2)13-11-9(7)4-3-5-10(11)12(14)15/h3-6H,1-2H3,(H,14,15). The van der Waals surface area contributed by atoms with Crippen LogP contribution in [0.3, 0.4) is 0 Å². The van der Waals surface area contributed by atoms with E-state index in [-0.39, 0.29) is 5.56 Å². The second-order valence-corrected chi connectivity index (χ2v) is 3.59. The van der Waals surface area contributed by atoms with E-state index >= 15 is 0 Å². The largest absolute Gasteiger partial charge is 0.478 e. The topological polar surface area (TPSA) is 50.2 Å². The van der Waals surface area contributed by atoms with Crippen LogP contribution in [0.2, 0.25) is 0 Å². The molecular formula is C12H11NO2. The molecule has 0 saturated heterocycles. The molecule has 0 unspecified atom stereocenters. The number of carbonyl (C=O) groups is 1. The number of hydrogen-bond acceptors (Lipinski definition) is 2. The number of rotatable bonds is 1. The number of fused-ring (bicyclic) bond motifs is 1. The van der Waals surface area contributed by atoms with Crippen molar-refractivity contribution < 1.29 is 9.90 Å². The monoisotopic (exact) mass is 201 g/mol. The average Bonchev–Trinajstić information content (AvgIpc) is 2.16. The van der Waals surface area contributed by atoms with E-state index < -0.39 is 5.97 Å². The van der Waals surface area contributed by atoms with Crippen LogP contribution in [0.5, 0.6) is 0 Å². The van der Waals surface area contributed by atoms with Gasteiger partial charge in [0.25, 0.3) is 0 Å². The van der Waals surface area contributed by atoms with Crippen LogP contribution in [0.25, 0.3) is 10.9 Å². The Bertz CT molecular complexity index is 547. The minimum Gasteiger partial charge on any atom is -0.478 e. The molecule has 0 aliphatic rings. The third-order valence-corrected chi connectivity index (χ3v) is 2.40. The lowest BCUT2D eigenvalue weighted by atomic mass is 10.1. The van der Waals surface area contributed by atoms with Gasteiger partial charge in [0.15, 0.2) is 0 Å². The third-order valence-electron chi connectivity index (χ3n) is 2.40. The molecule has 2 aromatic rings. The SMILES string of the molecule is Cc1cc(C)c2cccc(C(=O)O)c2n1. The zero-order valence-corrected chi connectivity index (χ0v) is 8.61. The van der Waals surface area contributed by atoms with Crippen LogP contribution < -0.4 is 0 Å². The Hall–Kier alpha value is -1.90. The highest BCUT2D eigenvalue weighted by molar-refractivity contribution is 6.02. The van der Waals surface area contributed by atoms with E-state index in [0.29, 0.717) is 5.52 Å². The van der Waals surface area contributed by atoms with Crippen LogP contribution in [0.1, 0.15) is 21.6 Å². The van der Waals surface area contributed by atoms with E-state index in [0.717, 1.165) is 16.6 Å². The second-order valence-electron chi connectivity index (χ2n) is 3.59. The summed E-state index contributed by atoms with van der Waals surface area (Å²) in [5, 5.41) is 9.93. The molecule has 15 heavy (non-hydrogen) atoms. The van der Waals surface area contributed by atoms with E-state index in [1.165, 1.54) is 0 Å². The first-order valence-electron chi connectivity index (χ1n) is 4.70. The zero-order valence-electron chi connectivity index (χ0n) is 8.61. The van der Waals surface area contributed by atoms with E-state index in [1.54, 1.807) is 12.1 Å². The Morgan fingerprint density at radius 2 is 2.07 bits per heavy atom. The van der Waals surface area contributed by atoms with Gasteiger partial charge in [-0.1, -0.05) is 12.1 Å². The Labute approximate surface area is 87.4 Å². The molecule has 1 heterocycles. The van der Waals surface area contributed by atoms with Gasteiger partial charge in [-0.15, -0.1) is 0 Å². The molecule has 1 N–H and O–H groups in total. The number of carboxylic acids is 1. The Morgan fingerprint density at radius 1 is 1.33 bits per heavy atom. The van der Waals surface area contributed by atoms with Gasteiger partial charge >= 0.3 is 5.97 Å². The zero-order chi connectivity index (χ0) is 11.0. The molecular weight excluding hydrogens is 190 g/mol. The number of aryl methyl sites for hydroxylation is 2. The lowest BCUT2D eigenvalue weighted by Gasteiger charge is -2.05. The van der Waals surface area contributed by atoms with Crippen LogP contribution in [-0.2, 0) is 0 Å². The molecule has 0 aliphatic carbocycles. The molecule has 76 valence electrons. The highest BCUT2D eigenvalue weighted by Crippen LogP contribution is 2.20. The molecule has 0 saturated carbocycles. The maximum Gasteiger partial charge on any atom is 0.337 e. The Balaban J connectivity index is 2.91.